The van der Waals surface area contributed by atoms with Crippen molar-refractivity contribution in [3.8, 4) is 11.5 Å². The van der Waals surface area contributed by atoms with Gasteiger partial charge in [-0.15, -0.1) is 6.58 Å². The van der Waals surface area contributed by atoms with Gasteiger partial charge in [-0.2, -0.15) is 0 Å². The van der Waals surface area contributed by atoms with Gasteiger partial charge in [-0.1, -0.05) is 43.2 Å². The van der Waals surface area contributed by atoms with Crippen LogP contribution in [0.1, 0.15) is 104 Å². The Balaban J connectivity index is 2.05. The Kier molecular flexibility index (Phi) is 8.97. The number of carbonyl (C=O) groups is 3. The van der Waals surface area contributed by atoms with Crippen LogP contribution in [-0.2, 0) is 14.3 Å². The minimum absolute atomic E-state index is 0.0264. The number of benzene rings is 1. The van der Waals surface area contributed by atoms with Gasteiger partial charge >= 0.3 is 0 Å². The highest BCUT2D eigenvalue weighted by atomic mass is 16.5. The third kappa shape index (κ3) is 5.51. The quantitative estimate of drug-likeness (QED) is 0.101. The van der Waals surface area contributed by atoms with E-state index in [0.717, 1.165) is 29.6 Å². The van der Waals surface area contributed by atoms with Crippen LogP contribution in [0.2, 0.25) is 0 Å². The number of Topliss-reactive ketones (excluding diaryl/α,β-unsaturated/α-hetero) is 3. The zero-order valence-corrected chi connectivity index (χ0v) is 28.2. The number of hydrogen-bond acceptors (Lipinski definition) is 7. The molecule has 0 amide bonds. The van der Waals surface area contributed by atoms with E-state index in [1.165, 1.54) is 18.2 Å². The fraction of sp³-hybridized carbons (Fsp3) is 0.553. The van der Waals surface area contributed by atoms with Gasteiger partial charge in [0.25, 0.3) is 0 Å². The Labute approximate surface area is 267 Å². The molecule has 3 N–H and O–H groups in total. The molecule has 0 radical (unpaired) electrons. The minimum atomic E-state index is -1.92. The number of phenols is 2. The normalized spacial score (nSPS) is 27.8. The summed E-state index contributed by atoms with van der Waals surface area (Å²) in [6, 6.07) is 3.78. The molecular weight excluding hydrogens is 568 g/mol. The summed E-state index contributed by atoms with van der Waals surface area (Å²) < 4.78 is 6.45. The first-order chi connectivity index (χ1) is 20.7. The highest BCUT2D eigenvalue weighted by Gasteiger charge is 2.76. The van der Waals surface area contributed by atoms with Gasteiger partial charge in [0.15, 0.2) is 34.3 Å². The molecular formula is C38H50O7. The number of ether oxygens (including phenoxy) is 1. The largest absolute Gasteiger partial charge is 0.504 e. The van der Waals surface area contributed by atoms with Crippen LogP contribution in [0.3, 0.4) is 0 Å². The molecule has 45 heavy (non-hydrogen) atoms. The Morgan fingerprint density at radius 1 is 1.11 bits per heavy atom. The number of fused-ring (bicyclic) bond motifs is 3. The zero-order valence-electron chi connectivity index (χ0n) is 28.2. The molecule has 4 rings (SSSR count). The van der Waals surface area contributed by atoms with Crippen molar-refractivity contribution in [3.63, 3.8) is 0 Å². The average Bonchev–Trinajstić information content (AvgIpc) is 3.38. The fourth-order valence-electron chi connectivity index (χ4n) is 7.78. The Bertz CT molecular complexity index is 1510. The van der Waals surface area contributed by atoms with Gasteiger partial charge in [0.2, 0.25) is 0 Å². The lowest BCUT2D eigenvalue weighted by atomic mass is 9.39. The molecule has 1 heterocycles. The number of aromatic hydroxyl groups is 2. The van der Waals surface area contributed by atoms with E-state index in [-0.39, 0.29) is 53.8 Å². The highest BCUT2D eigenvalue weighted by molar-refractivity contribution is 6.30. The number of aliphatic hydroxyl groups is 1. The second-order valence-electron chi connectivity index (χ2n) is 15.2. The fourth-order valence-corrected chi connectivity index (χ4v) is 7.78. The second-order valence-corrected chi connectivity index (χ2v) is 15.2. The second kappa shape index (κ2) is 11.7. The molecule has 7 nitrogen and oxygen atoms in total. The summed E-state index contributed by atoms with van der Waals surface area (Å²) in [5.41, 5.74) is -2.56. The SMILES string of the molecule is C=C(C)CCC(CC1CC2(CC=C(C)C)C(=O)C3=C(OC(C(C)(C)O)C3)C(C(=O)c3ccc(O)c(O)c3)(C2=O)C1(C)C)C(=C)C. The summed E-state index contributed by atoms with van der Waals surface area (Å²) in [6.07, 6.45) is 3.74. The van der Waals surface area contributed by atoms with Crippen molar-refractivity contribution in [3.05, 3.63) is 71.0 Å². The van der Waals surface area contributed by atoms with E-state index in [2.05, 4.69) is 13.2 Å². The van der Waals surface area contributed by atoms with Crippen LogP contribution in [0.4, 0.5) is 0 Å². The summed E-state index contributed by atoms with van der Waals surface area (Å²) >= 11 is 0. The molecule has 7 heteroatoms. The number of hydrogen-bond donors (Lipinski definition) is 3. The molecule has 3 aliphatic rings. The van der Waals surface area contributed by atoms with Crippen molar-refractivity contribution in [1.29, 1.82) is 0 Å². The lowest BCUT2D eigenvalue weighted by molar-refractivity contribution is -0.166. The lowest BCUT2D eigenvalue weighted by Gasteiger charge is -2.60. The molecule has 0 saturated heterocycles. The predicted molar refractivity (Wildman–Crippen MR) is 175 cm³/mol. The Hall–Kier alpha value is -3.45. The Morgan fingerprint density at radius 2 is 1.76 bits per heavy atom. The Morgan fingerprint density at radius 3 is 2.29 bits per heavy atom. The van der Waals surface area contributed by atoms with E-state index < -0.39 is 51.0 Å². The van der Waals surface area contributed by atoms with Crippen LogP contribution >= 0.6 is 0 Å². The number of phenolic OH excluding ortho intramolecular Hbond substituents is 2. The van der Waals surface area contributed by atoms with E-state index in [4.69, 9.17) is 4.74 Å². The van der Waals surface area contributed by atoms with E-state index in [1.54, 1.807) is 13.8 Å². The number of allylic oxidation sites excluding steroid dienone is 5. The van der Waals surface area contributed by atoms with Gasteiger partial charge in [0.05, 0.1) is 11.0 Å². The first kappa shape index (κ1) is 34.4. The van der Waals surface area contributed by atoms with Crippen LogP contribution < -0.4 is 0 Å². The van der Waals surface area contributed by atoms with Crippen molar-refractivity contribution in [2.75, 3.05) is 0 Å². The molecule has 5 atom stereocenters. The highest BCUT2D eigenvalue weighted by Crippen LogP contribution is 2.69. The summed E-state index contributed by atoms with van der Waals surface area (Å²) in [5, 5.41) is 31.5. The number of carbonyl (C=O) groups excluding carboxylic acids is 3. The van der Waals surface area contributed by atoms with E-state index >= 15 is 9.59 Å². The van der Waals surface area contributed by atoms with Crippen LogP contribution in [-0.4, -0.2) is 44.4 Å². The van der Waals surface area contributed by atoms with Gasteiger partial charge in [-0.3, -0.25) is 14.4 Å². The molecule has 0 spiro atoms. The third-order valence-corrected chi connectivity index (χ3v) is 10.7. The smallest absolute Gasteiger partial charge is 0.184 e. The van der Waals surface area contributed by atoms with Crippen molar-refractivity contribution in [2.24, 2.45) is 28.1 Å². The standard InChI is InChI=1S/C38H50O7/c1-21(2)11-12-24(23(5)6)17-26-20-37(16-15-22(3)4)32(42)27-19-30(36(9,10)44)45-33(27)38(34(37)43,35(26,7)8)31(41)25-13-14-28(39)29(40)18-25/h13-15,18,24,26,30,39-40,44H,1,5,11-12,16-17,19-20H2,2-4,6-10H3. The number of rotatable bonds is 11. The van der Waals surface area contributed by atoms with Crippen LogP contribution in [0.5, 0.6) is 11.5 Å². The van der Waals surface area contributed by atoms with E-state index in [9.17, 15) is 20.1 Å². The van der Waals surface area contributed by atoms with Gasteiger partial charge < -0.3 is 20.1 Å². The molecule has 1 aliphatic heterocycles. The molecule has 1 fully saturated rings. The molecule has 5 unspecified atom stereocenters. The molecule has 1 aromatic rings. The van der Waals surface area contributed by atoms with Crippen LogP contribution in [0.25, 0.3) is 0 Å². The van der Waals surface area contributed by atoms with Gasteiger partial charge in [0, 0.05) is 17.6 Å². The van der Waals surface area contributed by atoms with Crippen molar-refractivity contribution in [1.82, 2.24) is 0 Å². The van der Waals surface area contributed by atoms with Crippen molar-refractivity contribution in [2.45, 2.75) is 106 Å². The van der Waals surface area contributed by atoms with Crippen molar-refractivity contribution < 1.29 is 34.4 Å². The molecule has 244 valence electrons. The summed E-state index contributed by atoms with van der Waals surface area (Å²) in [6.45, 7) is 23.2. The third-order valence-electron chi connectivity index (χ3n) is 10.7. The number of ketones is 3. The van der Waals surface area contributed by atoms with Crippen molar-refractivity contribution >= 4 is 17.3 Å². The lowest BCUT2D eigenvalue weighted by Crippen LogP contribution is -2.68. The maximum absolute atomic E-state index is 15.3. The molecule has 1 saturated carbocycles. The van der Waals surface area contributed by atoms with Gasteiger partial charge in [-0.25, -0.2) is 0 Å². The summed E-state index contributed by atoms with van der Waals surface area (Å²) in [5.74, 6) is -2.52. The van der Waals surface area contributed by atoms with Gasteiger partial charge in [0.1, 0.15) is 11.9 Å². The molecule has 2 aliphatic carbocycles. The molecule has 0 aromatic heterocycles. The summed E-state index contributed by atoms with van der Waals surface area (Å²) in [7, 11) is 0. The van der Waals surface area contributed by atoms with E-state index in [1.807, 2.05) is 47.6 Å². The first-order valence-electron chi connectivity index (χ1n) is 15.9. The predicted octanol–water partition coefficient (Wildman–Crippen LogP) is 7.56. The maximum Gasteiger partial charge on any atom is 0.184 e. The van der Waals surface area contributed by atoms with Crippen LogP contribution in [0, 0.1) is 28.1 Å². The average molecular weight is 619 g/mol. The molecule has 2 bridgehead atoms. The van der Waals surface area contributed by atoms with E-state index in [0.29, 0.717) is 6.42 Å². The maximum atomic E-state index is 15.3. The topological polar surface area (TPSA) is 121 Å². The molecule has 1 aromatic carbocycles. The van der Waals surface area contributed by atoms with Gasteiger partial charge in [-0.05, 0) is 109 Å². The zero-order chi connectivity index (χ0) is 33.9. The minimum Gasteiger partial charge on any atom is -0.504 e. The van der Waals surface area contributed by atoms with Crippen LogP contribution in [0.15, 0.2) is 65.5 Å². The first-order valence-corrected chi connectivity index (χ1v) is 15.9. The summed E-state index contributed by atoms with van der Waals surface area (Å²) in [4.78, 5) is 45.2. The monoisotopic (exact) mass is 618 g/mol.